The van der Waals surface area contributed by atoms with E-state index in [1.54, 1.807) is 5.38 Å². The van der Waals surface area contributed by atoms with Crippen molar-refractivity contribution in [3.05, 3.63) is 47.0 Å². The van der Waals surface area contributed by atoms with Crippen molar-refractivity contribution in [1.29, 1.82) is 0 Å². The molecule has 1 aliphatic heterocycles. The number of likely N-dealkylation sites (tertiary alicyclic amines) is 1. The Kier molecular flexibility index (Phi) is 6.58. The van der Waals surface area contributed by atoms with Gasteiger partial charge in [-0.3, -0.25) is 14.5 Å². The molecular weight excluding hydrogens is 362 g/mol. The number of benzene rings is 1. The maximum absolute atomic E-state index is 11.8. The lowest BCUT2D eigenvalue weighted by atomic mass is 9.94. The first-order valence-electron chi connectivity index (χ1n) is 9.29. The van der Waals surface area contributed by atoms with E-state index >= 15 is 0 Å². The summed E-state index contributed by atoms with van der Waals surface area (Å²) in [7, 11) is 0. The Morgan fingerprint density at radius 3 is 2.81 bits per heavy atom. The highest BCUT2D eigenvalue weighted by molar-refractivity contribution is 7.13. The number of amides is 1. The topological polar surface area (TPSA) is 82.5 Å². The second-order valence-corrected chi connectivity index (χ2v) is 7.75. The fourth-order valence-electron chi connectivity index (χ4n) is 3.66. The lowest BCUT2D eigenvalue weighted by molar-refractivity contribution is -0.139. The van der Waals surface area contributed by atoms with E-state index < -0.39 is 11.9 Å². The number of hydrogen-bond donors (Lipinski definition) is 2. The van der Waals surface area contributed by atoms with Gasteiger partial charge in [-0.15, -0.1) is 11.3 Å². The molecular formula is C20H25N3O3S. The molecule has 2 unspecified atom stereocenters. The quantitative estimate of drug-likeness (QED) is 0.753. The van der Waals surface area contributed by atoms with E-state index in [1.165, 1.54) is 30.2 Å². The van der Waals surface area contributed by atoms with Crippen LogP contribution in [0.1, 0.15) is 55.8 Å². The number of nitrogens with one attached hydrogen (secondary N) is 1. The molecule has 0 radical (unpaired) electrons. The molecule has 2 atom stereocenters. The molecule has 2 heterocycles. The van der Waals surface area contributed by atoms with Gasteiger partial charge in [0, 0.05) is 18.3 Å². The maximum Gasteiger partial charge on any atom is 0.312 e. The summed E-state index contributed by atoms with van der Waals surface area (Å²) in [4.78, 5) is 29.7. The van der Waals surface area contributed by atoms with Crippen molar-refractivity contribution in [3.63, 3.8) is 0 Å². The minimum atomic E-state index is -0.872. The van der Waals surface area contributed by atoms with E-state index in [4.69, 9.17) is 0 Å². The SMILES string of the molecule is CC(=O)Nc1nc(C(CCN2CCCCC2c2ccccc2)C(=O)O)cs1. The highest BCUT2D eigenvalue weighted by Crippen LogP contribution is 2.32. The van der Waals surface area contributed by atoms with Crippen molar-refractivity contribution in [2.24, 2.45) is 0 Å². The summed E-state index contributed by atoms with van der Waals surface area (Å²) in [5, 5.41) is 14.5. The van der Waals surface area contributed by atoms with Gasteiger partial charge in [-0.05, 0) is 37.9 Å². The van der Waals surface area contributed by atoms with Crippen molar-refractivity contribution < 1.29 is 14.7 Å². The summed E-state index contributed by atoms with van der Waals surface area (Å²) in [6.45, 7) is 3.11. The third-order valence-electron chi connectivity index (χ3n) is 4.96. The van der Waals surface area contributed by atoms with Gasteiger partial charge in [0.25, 0.3) is 0 Å². The van der Waals surface area contributed by atoms with E-state index in [2.05, 4.69) is 39.5 Å². The molecule has 1 amide bonds. The maximum atomic E-state index is 11.8. The first kappa shape index (κ1) is 19.5. The number of aliphatic carboxylic acids is 1. The highest BCUT2D eigenvalue weighted by atomic mass is 32.1. The summed E-state index contributed by atoms with van der Waals surface area (Å²) in [5.74, 6) is -1.74. The van der Waals surface area contributed by atoms with Gasteiger partial charge in [-0.2, -0.15) is 0 Å². The zero-order valence-electron chi connectivity index (χ0n) is 15.4. The second kappa shape index (κ2) is 9.10. The van der Waals surface area contributed by atoms with Crippen molar-refractivity contribution in [1.82, 2.24) is 9.88 Å². The molecule has 1 aromatic heterocycles. The van der Waals surface area contributed by atoms with E-state index in [0.29, 0.717) is 29.8 Å². The van der Waals surface area contributed by atoms with Crippen LogP contribution < -0.4 is 5.32 Å². The number of anilines is 1. The van der Waals surface area contributed by atoms with Gasteiger partial charge < -0.3 is 10.4 Å². The Bertz CT molecular complexity index is 778. The standard InChI is InChI=1S/C20H25N3O3S/c1-14(24)21-20-22-17(13-27-20)16(19(25)26)10-12-23-11-6-5-9-18(23)15-7-3-2-4-8-15/h2-4,7-8,13,16,18H,5-6,9-12H2,1H3,(H,25,26)(H,21,22,24). The van der Waals surface area contributed by atoms with Crippen LogP contribution in [-0.4, -0.2) is 40.0 Å². The molecule has 7 heteroatoms. The summed E-state index contributed by atoms with van der Waals surface area (Å²) in [6.07, 6.45) is 3.95. The second-order valence-electron chi connectivity index (χ2n) is 6.90. The number of carbonyl (C=O) groups excluding carboxylic acids is 1. The van der Waals surface area contributed by atoms with Crippen LogP contribution in [0.4, 0.5) is 5.13 Å². The molecule has 2 aromatic rings. The molecule has 1 fully saturated rings. The predicted octanol–water partition coefficient (Wildman–Crippen LogP) is 3.89. The number of hydrogen-bond acceptors (Lipinski definition) is 5. The Balaban J connectivity index is 1.68. The van der Waals surface area contributed by atoms with Gasteiger partial charge in [0.15, 0.2) is 5.13 Å². The van der Waals surface area contributed by atoms with Gasteiger partial charge >= 0.3 is 5.97 Å². The van der Waals surface area contributed by atoms with E-state index in [9.17, 15) is 14.7 Å². The van der Waals surface area contributed by atoms with Crippen molar-refractivity contribution in [3.8, 4) is 0 Å². The number of carbonyl (C=O) groups is 2. The van der Waals surface area contributed by atoms with Crippen LogP contribution in [0.5, 0.6) is 0 Å². The Morgan fingerprint density at radius 1 is 1.33 bits per heavy atom. The molecule has 1 aromatic carbocycles. The molecule has 1 saturated heterocycles. The molecule has 3 rings (SSSR count). The molecule has 0 aliphatic carbocycles. The number of carboxylic acids is 1. The molecule has 2 N–H and O–H groups in total. The normalized spacial score (nSPS) is 18.8. The van der Waals surface area contributed by atoms with Crippen LogP contribution in [0.3, 0.4) is 0 Å². The first-order valence-corrected chi connectivity index (χ1v) is 10.2. The molecule has 144 valence electrons. The van der Waals surface area contributed by atoms with Gasteiger partial charge in [-0.1, -0.05) is 36.8 Å². The van der Waals surface area contributed by atoms with E-state index in [-0.39, 0.29) is 5.91 Å². The van der Waals surface area contributed by atoms with Gasteiger partial charge in [-0.25, -0.2) is 4.98 Å². The van der Waals surface area contributed by atoms with Crippen LogP contribution in [0, 0.1) is 0 Å². The average molecular weight is 388 g/mol. The van der Waals surface area contributed by atoms with Crippen LogP contribution in [0.25, 0.3) is 0 Å². The molecule has 27 heavy (non-hydrogen) atoms. The van der Waals surface area contributed by atoms with E-state index in [0.717, 1.165) is 19.4 Å². The minimum Gasteiger partial charge on any atom is -0.481 e. The predicted molar refractivity (Wildman–Crippen MR) is 106 cm³/mol. The van der Waals surface area contributed by atoms with Crippen LogP contribution >= 0.6 is 11.3 Å². The summed E-state index contributed by atoms with van der Waals surface area (Å²) in [6, 6.07) is 10.8. The average Bonchev–Trinajstić information content (AvgIpc) is 3.10. The van der Waals surface area contributed by atoms with Crippen molar-refractivity contribution >= 4 is 28.3 Å². The van der Waals surface area contributed by atoms with Gasteiger partial charge in [0.05, 0.1) is 5.69 Å². The first-order chi connectivity index (χ1) is 13.0. The van der Waals surface area contributed by atoms with Gasteiger partial charge in [0.2, 0.25) is 5.91 Å². The molecule has 6 nitrogen and oxygen atoms in total. The number of thiazole rings is 1. The lowest BCUT2D eigenvalue weighted by Gasteiger charge is -2.36. The number of rotatable bonds is 7. The number of aromatic nitrogens is 1. The Labute approximate surface area is 163 Å². The summed E-state index contributed by atoms with van der Waals surface area (Å²) in [5.41, 5.74) is 1.81. The number of nitrogens with zero attached hydrogens (tertiary/aromatic N) is 2. The largest absolute Gasteiger partial charge is 0.481 e. The third kappa shape index (κ3) is 5.14. The zero-order valence-corrected chi connectivity index (χ0v) is 16.2. The third-order valence-corrected chi connectivity index (χ3v) is 5.74. The van der Waals surface area contributed by atoms with Crippen molar-refractivity contribution in [2.75, 3.05) is 18.4 Å². The Morgan fingerprint density at radius 2 is 2.11 bits per heavy atom. The van der Waals surface area contributed by atoms with Gasteiger partial charge in [0.1, 0.15) is 5.92 Å². The van der Waals surface area contributed by atoms with Crippen LogP contribution in [0.15, 0.2) is 35.7 Å². The van der Waals surface area contributed by atoms with Crippen LogP contribution in [-0.2, 0) is 9.59 Å². The lowest BCUT2D eigenvalue weighted by Crippen LogP contribution is -2.35. The summed E-state index contributed by atoms with van der Waals surface area (Å²) >= 11 is 1.26. The number of carboxylic acid groups (broad SMARTS) is 1. The summed E-state index contributed by atoms with van der Waals surface area (Å²) < 4.78 is 0. The molecule has 0 spiro atoms. The molecule has 0 saturated carbocycles. The molecule has 0 bridgehead atoms. The molecule has 1 aliphatic rings. The van der Waals surface area contributed by atoms with E-state index in [1.807, 2.05) is 6.07 Å². The Hall–Kier alpha value is -2.25. The van der Waals surface area contributed by atoms with Crippen molar-refractivity contribution in [2.45, 2.75) is 44.6 Å². The zero-order chi connectivity index (χ0) is 19.2. The highest BCUT2D eigenvalue weighted by Gasteiger charge is 2.28. The smallest absolute Gasteiger partial charge is 0.312 e. The number of piperidine rings is 1. The minimum absolute atomic E-state index is 0.207. The fraction of sp³-hybridized carbons (Fsp3) is 0.450. The monoisotopic (exact) mass is 387 g/mol. The van der Waals surface area contributed by atoms with Crippen LogP contribution in [0.2, 0.25) is 0 Å². The fourth-order valence-corrected chi connectivity index (χ4v) is 4.47.